The lowest BCUT2D eigenvalue weighted by molar-refractivity contribution is -0.121. The van der Waals surface area contributed by atoms with Crippen LogP contribution in [0.3, 0.4) is 0 Å². The van der Waals surface area contributed by atoms with Gasteiger partial charge in [-0.3, -0.25) is 14.7 Å². The van der Waals surface area contributed by atoms with Gasteiger partial charge in [-0.25, -0.2) is 4.79 Å². The van der Waals surface area contributed by atoms with E-state index in [1.54, 1.807) is 6.07 Å². The standard InChI is InChI=1S/C12H17N3O3/c1-3-13-11(16)8-15(2)7-10-5-4-9(6-14-10)12(17)18/h4-6H,3,7-8H2,1-2H3,(H,13,16)(H,17,18). The van der Waals surface area contributed by atoms with Crippen molar-refractivity contribution in [1.82, 2.24) is 15.2 Å². The quantitative estimate of drug-likeness (QED) is 0.762. The minimum Gasteiger partial charge on any atom is -0.478 e. The molecular weight excluding hydrogens is 234 g/mol. The van der Waals surface area contributed by atoms with Crippen LogP contribution in [0.15, 0.2) is 18.3 Å². The minimum atomic E-state index is -0.996. The molecule has 6 nitrogen and oxygen atoms in total. The fourth-order valence-electron chi connectivity index (χ4n) is 1.48. The molecule has 18 heavy (non-hydrogen) atoms. The summed E-state index contributed by atoms with van der Waals surface area (Å²) in [6, 6.07) is 3.16. The van der Waals surface area contributed by atoms with Gasteiger partial charge in [-0.2, -0.15) is 0 Å². The number of aromatic carboxylic acids is 1. The summed E-state index contributed by atoms with van der Waals surface area (Å²) in [6.07, 6.45) is 1.32. The lowest BCUT2D eigenvalue weighted by Crippen LogP contribution is -2.34. The van der Waals surface area contributed by atoms with Crippen molar-refractivity contribution >= 4 is 11.9 Å². The third-order valence-electron chi connectivity index (χ3n) is 2.29. The van der Waals surface area contributed by atoms with Gasteiger partial charge in [0.15, 0.2) is 0 Å². The van der Waals surface area contributed by atoms with Crippen LogP contribution >= 0.6 is 0 Å². The average Bonchev–Trinajstić information content (AvgIpc) is 2.29. The van der Waals surface area contributed by atoms with E-state index in [0.717, 1.165) is 5.69 Å². The maximum Gasteiger partial charge on any atom is 0.337 e. The minimum absolute atomic E-state index is 0.0397. The van der Waals surface area contributed by atoms with E-state index in [1.165, 1.54) is 12.3 Å². The fourth-order valence-corrected chi connectivity index (χ4v) is 1.48. The first kappa shape index (κ1) is 14.1. The smallest absolute Gasteiger partial charge is 0.337 e. The first-order valence-electron chi connectivity index (χ1n) is 5.66. The Hall–Kier alpha value is -1.95. The highest BCUT2D eigenvalue weighted by Gasteiger charge is 2.08. The number of pyridine rings is 1. The monoisotopic (exact) mass is 251 g/mol. The molecule has 98 valence electrons. The highest BCUT2D eigenvalue weighted by atomic mass is 16.4. The number of carboxylic acids is 1. The van der Waals surface area contributed by atoms with Gasteiger partial charge in [0.05, 0.1) is 17.8 Å². The molecule has 0 saturated heterocycles. The Kier molecular flexibility index (Phi) is 5.26. The number of aromatic nitrogens is 1. The van der Waals surface area contributed by atoms with Crippen molar-refractivity contribution in [3.8, 4) is 0 Å². The predicted octanol–water partition coefficient (Wildman–Crippen LogP) is 0.348. The summed E-state index contributed by atoms with van der Waals surface area (Å²) in [6.45, 7) is 3.26. The molecule has 0 radical (unpaired) electrons. The van der Waals surface area contributed by atoms with Crippen molar-refractivity contribution in [2.24, 2.45) is 0 Å². The molecule has 0 saturated carbocycles. The molecule has 6 heteroatoms. The molecule has 1 aromatic rings. The number of carboxylic acid groups (broad SMARTS) is 1. The Balaban J connectivity index is 2.51. The van der Waals surface area contributed by atoms with Crippen LogP contribution in [-0.2, 0) is 11.3 Å². The fraction of sp³-hybridized carbons (Fsp3) is 0.417. The maximum absolute atomic E-state index is 11.3. The van der Waals surface area contributed by atoms with Gasteiger partial charge in [-0.15, -0.1) is 0 Å². The van der Waals surface area contributed by atoms with Crippen molar-refractivity contribution in [2.75, 3.05) is 20.1 Å². The average molecular weight is 251 g/mol. The number of hydrogen-bond acceptors (Lipinski definition) is 4. The van der Waals surface area contributed by atoms with Crippen LogP contribution in [-0.4, -0.2) is 47.0 Å². The van der Waals surface area contributed by atoms with Crippen molar-refractivity contribution in [3.05, 3.63) is 29.6 Å². The molecule has 0 aliphatic carbocycles. The number of nitrogens with zero attached hydrogens (tertiary/aromatic N) is 2. The Morgan fingerprint density at radius 3 is 2.67 bits per heavy atom. The second kappa shape index (κ2) is 6.70. The van der Waals surface area contributed by atoms with E-state index in [0.29, 0.717) is 13.1 Å². The predicted molar refractivity (Wildman–Crippen MR) is 66.2 cm³/mol. The SMILES string of the molecule is CCNC(=O)CN(C)Cc1ccc(C(=O)O)cn1. The lowest BCUT2D eigenvalue weighted by Gasteiger charge is -2.15. The highest BCUT2D eigenvalue weighted by molar-refractivity contribution is 5.87. The number of hydrogen-bond donors (Lipinski definition) is 2. The van der Waals surface area contributed by atoms with Crippen LogP contribution in [0.2, 0.25) is 0 Å². The number of carbonyl (C=O) groups excluding carboxylic acids is 1. The highest BCUT2D eigenvalue weighted by Crippen LogP contribution is 2.02. The summed E-state index contributed by atoms with van der Waals surface area (Å²) in [5, 5.41) is 11.4. The van der Waals surface area contributed by atoms with Gasteiger partial charge in [0.2, 0.25) is 5.91 Å². The summed E-state index contributed by atoms with van der Waals surface area (Å²) in [5.74, 6) is -1.04. The molecule has 1 heterocycles. The van der Waals surface area contributed by atoms with E-state index >= 15 is 0 Å². The zero-order valence-electron chi connectivity index (χ0n) is 10.5. The topological polar surface area (TPSA) is 82.5 Å². The number of carbonyl (C=O) groups is 2. The number of amides is 1. The summed E-state index contributed by atoms with van der Waals surface area (Å²) in [4.78, 5) is 27.8. The van der Waals surface area contributed by atoms with Gasteiger partial charge < -0.3 is 10.4 Å². The molecule has 0 spiro atoms. The Bertz CT molecular complexity index is 417. The molecule has 0 atom stereocenters. The molecule has 0 aromatic carbocycles. The molecule has 1 aromatic heterocycles. The van der Waals surface area contributed by atoms with E-state index < -0.39 is 5.97 Å². The van der Waals surface area contributed by atoms with Gasteiger partial charge >= 0.3 is 5.97 Å². The second-order valence-electron chi connectivity index (χ2n) is 3.97. The van der Waals surface area contributed by atoms with E-state index in [1.807, 2.05) is 18.9 Å². The molecule has 0 bridgehead atoms. The van der Waals surface area contributed by atoms with Crippen LogP contribution < -0.4 is 5.32 Å². The first-order chi connectivity index (χ1) is 8.52. The summed E-state index contributed by atoms with van der Waals surface area (Å²) < 4.78 is 0. The lowest BCUT2D eigenvalue weighted by atomic mass is 10.2. The van der Waals surface area contributed by atoms with Crippen LogP contribution in [0.5, 0.6) is 0 Å². The van der Waals surface area contributed by atoms with Crippen LogP contribution in [0.4, 0.5) is 0 Å². The molecule has 0 aliphatic heterocycles. The number of likely N-dealkylation sites (N-methyl/N-ethyl adjacent to an activating group) is 2. The summed E-state index contributed by atoms with van der Waals surface area (Å²) >= 11 is 0. The zero-order chi connectivity index (χ0) is 13.5. The first-order valence-corrected chi connectivity index (χ1v) is 5.66. The Morgan fingerprint density at radius 1 is 1.44 bits per heavy atom. The molecule has 1 rings (SSSR count). The van der Waals surface area contributed by atoms with E-state index in [-0.39, 0.29) is 18.0 Å². The van der Waals surface area contributed by atoms with Gasteiger partial charge in [0.1, 0.15) is 0 Å². The number of rotatable bonds is 6. The molecule has 0 unspecified atom stereocenters. The van der Waals surface area contributed by atoms with Crippen LogP contribution in [0.25, 0.3) is 0 Å². The molecule has 0 fully saturated rings. The van der Waals surface area contributed by atoms with Crippen LogP contribution in [0, 0.1) is 0 Å². The van der Waals surface area contributed by atoms with Crippen molar-refractivity contribution in [1.29, 1.82) is 0 Å². The molecular formula is C12H17N3O3. The molecule has 0 aliphatic rings. The van der Waals surface area contributed by atoms with Crippen LogP contribution in [0.1, 0.15) is 23.0 Å². The normalized spacial score (nSPS) is 10.4. The zero-order valence-corrected chi connectivity index (χ0v) is 10.5. The van der Waals surface area contributed by atoms with E-state index in [2.05, 4.69) is 10.3 Å². The van der Waals surface area contributed by atoms with Gasteiger partial charge in [0, 0.05) is 19.3 Å². The molecule has 1 amide bonds. The van der Waals surface area contributed by atoms with E-state index in [4.69, 9.17) is 5.11 Å². The summed E-state index contributed by atoms with van der Waals surface area (Å²) in [7, 11) is 1.81. The second-order valence-corrected chi connectivity index (χ2v) is 3.97. The Morgan fingerprint density at radius 2 is 2.17 bits per heavy atom. The third-order valence-corrected chi connectivity index (χ3v) is 2.29. The summed E-state index contributed by atoms with van der Waals surface area (Å²) in [5.41, 5.74) is 0.886. The van der Waals surface area contributed by atoms with Gasteiger partial charge in [-0.05, 0) is 26.1 Å². The Labute approximate surface area is 106 Å². The van der Waals surface area contributed by atoms with Gasteiger partial charge in [0.25, 0.3) is 0 Å². The van der Waals surface area contributed by atoms with Gasteiger partial charge in [-0.1, -0.05) is 0 Å². The maximum atomic E-state index is 11.3. The largest absolute Gasteiger partial charge is 0.478 e. The van der Waals surface area contributed by atoms with Crippen molar-refractivity contribution < 1.29 is 14.7 Å². The third kappa shape index (κ3) is 4.50. The molecule has 2 N–H and O–H groups in total. The van der Waals surface area contributed by atoms with Crippen molar-refractivity contribution in [2.45, 2.75) is 13.5 Å². The van der Waals surface area contributed by atoms with E-state index in [9.17, 15) is 9.59 Å². The number of nitrogens with one attached hydrogen (secondary N) is 1. The van der Waals surface area contributed by atoms with Crippen molar-refractivity contribution in [3.63, 3.8) is 0 Å².